The summed E-state index contributed by atoms with van der Waals surface area (Å²) in [6.45, 7) is 18.5. The summed E-state index contributed by atoms with van der Waals surface area (Å²) in [5, 5.41) is 4.45. The summed E-state index contributed by atoms with van der Waals surface area (Å²) in [6.07, 6.45) is 1.76. The molecule has 0 saturated carbocycles. The van der Waals surface area contributed by atoms with Crippen molar-refractivity contribution in [3.05, 3.63) is 24.0 Å². The molecular formula is C20H39N5O2Si2. The van der Waals surface area contributed by atoms with E-state index in [-0.39, 0.29) is 6.04 Å². The highest BCUT2D eigenvalue weighted by molar-refractivity contribution is 6.76. The van der Waals surface area contributed by atoms with E-state index in [1.54, 1.807) is 6.20 Å². The van der Waals surface area contributed by atoms with Gasteiger partial charge in [-0.25, -0.2) is 4.98 Å². The van der Waals surface area contributed by atoms with Crippen molar-refractivity contribution in [2.24, 2.45) is 5.73 Å². The van der Waals surface area contributed by atoms with Crippen LogP contribution in [-0.2, 0) is 9.47 Å². The fraction of sp³-hybridized carbons (Fsp3) is 0.700. The maximum Gasteiger partial charge on any atom is 0.157 e. The molecule has 0 saturated heterocycles. The van der Waals surface area contributed by atoms with Crippen molar-refractivity contribution in [2.45, 2.75) is 64.3 Å². The summed E-state index contributed by atoms with van der Waals surface area (Å²) in [4.78, 5) is 6.70. The normalized spacial score (nSPS) is 13.8. The summed E-state index contributed by atoms with van der Waals surface area (Å²) in [6, 6.07) is 6.00. The Kier molecular flexibility index (Phi) is 8.41. The van der Waals surface area contributed by atoms with Gasteiger partial charge in [0.1, 0.15) is 19.3 Å². The van der Waals surface area contributed by atoms with E-state index >= 15 is 0 Å². The number of rotatable bonds is 12. The van der Waals surface area contributed by atoms with Crippen molar-refractivity contribution in [3.8, 4) is 0 Å². The van der Waals surface area contributed by atoms with Crippen LogP contribution >= 0.6 is 0 Å². The Hall–Kier alpha value is -1.27. The molecule has 2 rings (SSSR count). The molecule has 2 aromatic heterocycles. The van der Waals surface area contributed by atoms with E-state index in [9.17, 15) is 0 Å². The lowest BCUT2D eigenvalue weighted by Crippen LogP contribution is -2.33. The van der Waals surface area contributed by atoms with Gasteiger partial charge in [-0.15, -0.1) is 0 Å². The predicted molar refractivity (Wildman–Crippen MR) is 126 cm³/mol. The first kappa shape index (κ1) is 24.0. The standard InChI is InChI=1S/C20H39N5O2Si2/c1-17(21)18-14-20(25-19(23-18)8-9-22-25)24(15-26-10-12-28(2,3)4)16-27-11-13-29(5,6)7/h8-9,14,17H,10-13,15-16,21H2,1-7H3. The maximum atomic E-state index is 6.12. The maximum absolute atomic E-state index is 6.12. The fourth-order valence-electron chi connectivity index (χ4n) is 2.65. The largest absolute Gasteiger partial charge is 0.361 e. The van der Waals surface area contributed by atoms with E-state index in [0.717, 1.165) is 42.5 Å². The average molecular weight is 438 g/mol. The third-order valence-electron chi connectivity index (χ3n) is 4.64. The smallest absolute Gasteiger partial charge is 0.157 e. The molecule has 0 aliphatic carbocycles. The Morgan fingerprint density at radius 1 is 1.03 bits per heavy atom. The van der Waals surface area contributed by atoms with Gasteiger partial charge in [-0.3, -0.25) is 0 Å². The molecule has 29 heavy (non-hydrogen) atoms. The first-order valence-electron chi connectivity index (χ1n) is 10.5. The van der Waals surface area contributed by atoms with E-state index in [1.165, 1.54) is 0 Å². The highest BCUT2D eigenvalue weighted by Crippen LogP contribution is 2.21. The van der Waals surface area contributed by atoms with E-state index < -0.39 is 16.1 Å². The summed E-state index contributed by atoms with van der Waals surface area (Å²) in [7, 11) is -2.26. The van der Waals surface area contributed by atoms with Crippen LogP contribution in [0.2, 0.25) is 51.4 Å². The molecule has 0 aromatic carbocycles. The zero-order valence-electron chi connectivity index (χ0n) is 19.2. The van der Waals surface area contributed by atoms with Crippen molar-refractivity contribution < 1.29 is 9.47 Å². The number of nitrogens with zero attached hydrogens (tertiary/aromatic N) is 4. The van der Waals surface area contributed by atoms with Crippen LogP contribution in [0.15, 0.2) is 18.3 Å². The second-order valence-corrected chi connectivity index (χ2v) is 21.4. The first-order valence-corrected chi connectivity index (χ1v) is 17.9. The molecule has 2 heterocycles. The molecule has 0 spiro atoms. The number of fused-ring (bicyclic) bond motifs is 1. The van der Waals surface area contributed by atoms with Gasteiger partial charge >= 0.3 is 0 Å². The number of hydrogen-bond donors (Lipinski definition) is 1. The molecule has 0 radical (unpaired) electrons. The van der Waals surface area contributed by atoms with Gasteiger partial charge < -0.3 is 20.1 Å². The highest BCUT2D eigenvalue weighted by Gasteiger charge is 2.18. The molecule has 9 heteroatoms. The quantitative estimate of drug-likeness (QED) is 0.305. The number of nitrogens with two attached hydrogens (primary N) is 1. The third-order valence-corrected chi connectivity index (χ3v) is 8.05. The van der Waals surface area contributed by atoms with Gasteiger partial charge in [0.15, 0.2) is 5.65 Å². The van der Waals surface area contributed by atoms with Gasteiger partial charge in [-0.2, -0.15) is 9.61 Å². The van der Waals surface area contributed by atoms with Crippen molar-refractivity contribution >= 4 is 27.6 Å². The molecule has 2 aromatic rings. The second-order valence-electron chi connectivity index (χ2n) is 10.2. The van der Waals surface area contributed by atoms with Crippen LogP contribution in [0.25, 0.3) is 5.65 Å². The molecule has 7 nitrogen and oxygen atoms in total. The topological polar surface area (TPSA) is 77.9 Å². The lowest BCUT2D eigenvalue weighted by Gasteiger charge is -2.27. The summed E-state index contributed by atoms with van der Waals surface area (Å²) >= 11 is 0. The SMILES string of the molecule is CC(N)c1cc(N(COCC[Si](C)(C)C)COCC[Si](C)(C)C)n2nccc2n1. The van der Waals surface area contributed by atoms with Gasteiger partial charge in [0.05, 0.1) is 11.9 Å². The Bertz CT molecular complexity index is 746. The number of aromatic nitrogens is 3. The zero-order valence-corrected chi connectivity index (χ0v) is 21.2. The Labute approximate surface area is 177 Å². The summed E-state index contributed by atoms with van der Waals surface area (Å²) in [5.41, 5.74) is 7.73. The monoisotopic (exact) mass is 437 g/mol. The Balaban J connectivity index is 2.17. The van der Waals surface area contributed by atoms with Gasteiger partial charge in [-0.1, -0.05) is 39.3 Å². The molecule has 1 unspecified atom stereocenters. The van der Waals surface area contributed by atoms with Gasteiger partial charge in [0.25, 0.3) is 0 Å². The van der Waals surface area contributed by atoms with Crippen LogP contribution in [0.5, 0.6) is 0 Å². The number of anilines is 1. The van der Waals surface area contributed by atoms with Crippen LogP contribution in [-0.4, -0.2) is 57.4 Å². The molecule has 164 valence electrons. The van der Waals surface area contributed by atoms with Crippen LogP contribution in [0.3, 0.4) is 0 Å². The molecule has 0 aliphatic heterocycles. The first-order chi connectivity index (χ1) is 13.5. The minimum atomic E-state index is -1.13. The number of ether oxygens (including phenoxy) is 2. The van der Waals surface area contributed by atoms with Crippen molar-refractivity contribution in [1.82, 2.24) is 14.6 Å². The fourth-order valence-corrected chi connectivity index (χ4v) is 4.16. The van der Waals surface area contributed by atoms with Crippen LogP contribution in [0, 0.1) is 0 Å². The molecular weight excluding hydrogens is 398 g/mol. The van der Waals surface area contributed by atoms with Crippen molar-refractivity contribution in [3.63, 3.8) is 0 Å². The van der Waals surface area contributed by atoms with Gasteiger partial charge in [-0.05, 0) is 19.0 Å². The van der Waals surface area contributed by atoms with E-state index in [2.05, 4.69) is 54.3 Å². The third kappa shape index (κ3) is 8.17. The number of hydrogen-bond acceptors (Lipinski definition) is 6. The van der Waals surface area contributed by atoms with Crippen LogP contribution in [0.4, 0.5) is 5.82 Å². The van der Waals surface area contributed by atoms with E-state index in [4.69, 9.17) is 15.2 Å². The highest BCUT2D eigenvalue weighted by atomic mass is 28.3. The second kappa shape index (κ2) is 10.2. The van der Waals surface area contributed by atoms with Gasteiger partial charge in [0, 0.05) is 47.5 Å². The van der Waals surface area contributed by atoms with Gasteiger partial charge in [0.2, 0.25) is 0 Å². The summed E-state index contributed by atoms with van der Waals surface area (Å²) < 4.78 is 13.9. The Morgan fingerprint density at radius 3 is 2.07 bits per heavy atom. The molecule has 0 fully saturated rings. The van der Waals surface area contributed by atoms with Crippen molar-refractivity contribution in [1.29, 1.82) is 0 Å². The molecule has 0 amide bonds. The lowest BCUT2D eigenvalue weighted by molar-refractivity contribution is 0.0942. The van der Waals surface area contributed by atoms with Crippen molar-refractivity contribution in [2.75, 3.05) is 31.6 Å². The molecule has 1 atom stereocenters. The Morgan fingerprint density at radius 2 is 1.59 bits per heavy atom. The molecule has 2 N–H and O–H groups in total. The predicted octanol–water partition coefficient (Wildman–Crippen LogP) is 4.18. The van der Waals surface area contributed by atoms with E-state index in [1.807, 2.05) is 23.6 Å². The van der Waals surface area contributed by atoms with Crippen LogP contribution in [0.1, 0.15) is 18.7 Å². The molecule has 0 aliphatic rings. The van der Waals surface area contributed by atoms with E-state index in [0.29, 0.717) is 13.5 Å². The van der Waals surface area contributed by atoms with Crippen LogP contribution < -0.4 is 10.6 Å². The zero-order chi connectivity index (χ0) is 21.7. The molecule has 0 bridgehead atoms. The summed E-state index contributed by atoms with van der Waals surface area (Å²) in [5.74, 6) is 0.897. The average Bonchev–Trinajstić information content (AvgIpc) is 3.06. The lowest BCUT2D eigenvalue weighted by atomic mass is 10.2. The minimum Gasteiger partial charge on any atom is -0.361 e. The minimum absolute atomic E-state index is 0.156.